The van der Waals surface area contributed by atoms with Crippen molar-refractivity contribution >= 4 is 47.8 Å². The summed E-state index contributed by atoms with van der Waals surface area (Å²) in [5.74, 6) is 0. The first-order valence-corrected chi connectivity index (χ1v) is 5.44. The molecule has 1 aromatic rings. The van der Waals surface area contributed by atoms with Gasteiger partial charge in [0.1, 0.15) is 0 Å². The molecule has 0 spiro atoms. The lowest BCUT2D eigenvalue weighted by Crippen LogP contribution is -1.76. The zero-order chi connectivity index (χ0) is 7.56. The van der Waals surface area contributed by atoms with E-state index in [9.17, 15) is 0 Å². The molecule has 1 aromatic carbocycles. The maximum absolute atomic E-state index is 3.40. The minimum absolute atomic E-state index is 0.894. The van der Waals surface area contributed by atoms with E-state index in [4.69, 9.17) is 0 Å². The van der Waals surface area contributed by atoms with Gasteiger partial charge < -0.3 is 0 Å². The summed E-state index contributed by atoms with van der Waals surface area (Å²) in [5.41, 5.74) is 1.27. The summed E-state index contributed by atoms with van der Waals surface area (Å²) >= 11 is 10.2. The quantitative estimate of drug-likeness (QED) is 0.681. The van der Waals surface area contributed by atoms with Gasteiger partial charge in [0.15, 0.2) is 0 Å². The van der Waals surface area contributed by atoms with E-state index in [0.717, 1.165) is 14.3 Å². The van der Waals surface area contributed by atoms with Crippen LogP contribution in [0.15, 0.2) is 27.1 Å². The van der Waals surface area contributed by atoms with Gasteiger partial charge in [-0.1, -0.05) is 47.8 Å². The Labute approximate surface area is 85.4 Å². The second-order valence-corrected chi connectivity index (χ2v) is 4.30. The Hall–Kier alpha value is 0.660. The van der Waals surface area contributed by atoms with E-state index in [1.165, 1.54) is 5.56 Å². The smallest absolute Gasteiger partial charge is 0.0283 e. The van der Waals surface area contributed by atoms with Crippen LogP contribution in [-0.2, 0) is 5.33 Å². The molecule has 0 unspecified atom stereocenters. The van der Waals surface area contributed by atoms with Crippen LogP contribution in [0.4, 0.5) is 0 Å². The normalized spacial score (nSPS) is 9.90. The Morgan fingerprint density at radius 3 is 1.90 bits per heavy atom. The molecule has 0 heterocycles. The van der Waals surface area contributed by atoms with Crippen molar-refractivity contribution in [2.75, 3.05) is 0 Å². The fraction of sp³-hybridized carbons (Fsp3) is 0.143. The number of benzene rings is 1. The highest BCUT2D eigenvalue weighted by Crippen LogP contribution is 2.21. The van der Waals surface area contributed by atoms with Crippen LogP contribution < -0.4 is 0 Å². The van der Waals surface area contributed by atoms with Gasteiger partial charge in [0.05, 0.1) is 0 Å². The summed E-state index contributed by atoms with van der Waals surface area (Å²) in [6.45, 7) is 0. The van der Waals surface area contributed by atoms with Crippen molar-refractivity contribution in [3.63, 3.8) is 0 Å². The number of alkyl halides is 1. The Balaban J connectivity index is 3.06. The molecular weight excluding hydrogens is 324 g/mol. The highest BCUT2D eigenvalue weighted by molar-refractivity contribution is 9.11. The molecule has 0 nitrogen and oxygen atoms in total. The Morgan fingerprint density at radius 2 is 1.50 bits per heavy atom. The third-order valence-electron chi connectivity index (χ3n) is 1.08. The SMILES string of the molecule is BrCc1cc(Br)cc(Br)c1. The number of hydrogen-bond donors (Lipinski definition) is 0. The molecule has 0 saturated heterocycles. The maximum atomic E-state index is 3.40. The second-order valence-electron chi connectivity index (χ2n) is 1.91. The van der Waals surface area contributed by atoms with E-state index in [0.29, 0.717) is 0 Å². The van der Waals surface area contributed by atoms with E-state index in [-0.39, 0.29) is 0 Å². The molecule has 3 heteroatoms. The van der Waals surface area contributed by atoms with Crippen LogP contribution in [0.25, 0.3) is 0 Å². The minimum atomic E-state index is 0.894. The highest BCUT2D eigenvalue weighted by atomic mass is 79.9. The van der Waals surface area contributed by atoms with Gasteiger partial charge in [0.25, 0.3) is 0 Å². The molecule has 0 radical (unpaired) electrons. The third-order valence-corrected chi connectivity index (χ3v) is 2.64. The van der Waals surface area contributed by atoms with E-state index >= 15 is 0 Å². The minimum Gasteiger partial charge on any atom is -0.0876 e. The maximum Gasteiger partial charge on any atom is 0.0283 e. The standard InChI is InChI=1S/C7H5Br3/c8-4-5-1-6(9)3-7(10)2-5/h1-3H,4H2. The van der Waals surface area contributed by atoms with E-state index in [1.807, 2.05) is 6.07 Å². The van der Waals surface area contributed by atoms with Crippen molar-refractivity contribution in [3.8, 4) is 0 Å². The summed E-state index contributed by atoms with van der Waals surface area (Å²) in [4.78, 5) is 0. The molecule has 1 rings (SSSR count). The lowest BCUT2D eigenvalue weighted by Gasteiger charge is -1.97. The zero-order valence-electron chi connectivity index (χ0n) is 5.07. The monoisotopic (exact) mass is 326 g/mol. The Kier molecular flexibility index (Phi) is 3.40. The summed E-state index contributed by atoms with van der Waals surface area (Å²) in [6.07, 6.45) is 0. The van der Waals surface area contributed by atoms with Crippen molar-refractivity contribution in [2.45, 2.75) is 5.33 Å². The predicted molar refractivity (Wildman–Crippen MR) is 54.5 cm³/mol. The molecule has 0 fully saturated rings. The van der Waals surface area contributed by atoms with Gasteiger partial charge in [-0.15, -0.1) is 0 Å². The zero-order valence-corrected chi connectivity index (χ0v) is 9.83. The van der Waals surface area contributed by atoms with Crippen molar-refractivity contribution in [3.05, 3.63) is 32.7 Å². The molecule has 0 atom stereocenters. The van der Waals surface area contributed by atoms with E-state index in [1.54, 1.807) is 0 Å². The predicted octanol–water partition coefficient (Wildman–Crippen LogP) is 4.11. The van der Waals surface area contributed by atoms with Crippen LogP contribution in [0.1, 0.15) is 5.56 Å². The first-order chi connectivity index (χ1) is 4.72. The van der Waals surface area contributed by atoms with E-state index in [2.05, 4.69) is 59.9 Å². The average molecular weight is 329 g/mol. The Bertz CT molecular complexity index is 212. The lowest BCUT2D eigenvalue weighted by molar-refractivity contribution is 1.40. The molecule has 0 N–H and O–H groups in total. The Morgan fingerprint density at radius 1 is 1.00 bits per heavy atom. The average Bonchev–Trinajstić information content (AvgIpc) is 1.85. The van der Waals surface area contributed by atoms with E-state index < -0.39 is 0 Å². The molecule has 10 heavy (non-hydrogen) atoms. The van der Waals surface area contributed by atoms with Gasteiger partial charge in [0.2, 0.25) is 0 Å². The second kappa shape index (κ2) is 3.88. The number of hydrogen-bond acceptors (Lipinski definition) is 0. The largest absolute Gasteiger partial charge is 0.0876 e. The molecule has 0 aliphatic rings. The van der Waals surface area contributed by atoms with Crippen LogP contribution >= 0.6 is 47.8 Å². The van der Waals surface area contributed by atoms with Gasteiger partial charge in [-0.3, -0.25) is 0 Å². The fourth-order valence-electron chi connectivity index (χ4n) is 0.688. The van der Waals surface area contributed by atoms with Crippen molar-refractivity contribution in [1.82, 2.24) is 0 Å². The van der Waals surface area contributed by atoms with Crippen molar-refractivity contribution in [1.29, 1.82) is 0 Å². The molecule has 0 bridgehead atoms. The molecule has 0 aliphatic carbocycles. The van der Waals surface area contributed by atoms with Crippen LogP contribution in [0, 0.1) is 0 Å². The number of halogens is 3. The van der Waals surface area contributed by atoms with Gasteiger partial charge >= 0.3 is 0 Å². The molecule has 54 valence electrons. The topological polar surface area (TPSA) is 0 Å². The molecule has 0 amide bonds. The number of rotatable bonds is 1. The third kappa shape index (κ3) is 2.36. The van der Waals surface area contributed by atoms with Crippen LogP contribution in [0.5, 0.6) is 0 Å². The van der Waals surface area contributed by atoms with Gasteiger partial charge in [-0.2, -0.15) is 0 Å². The van der Waals surface area contributed by atoms with Crippen LogP contribution in [0.2, 0.25) is 0 Å². The lowest BCUT2D eigenvalue weighted by atomic mass is 10.2. The summed E-state index contributed by atoms with van der Waals surface area (Å²) in [5, 5.41) is 0.894. The van der Waals surface area contributed by atoms with Crippen LogP contribution in [0.3, 0.4) is 0 Å². The molecular formula is C7H5Br3. The van der Waals surface area contributed by atoms with Gasteiger partial charge in [0, 0.05) is 14.3 Å². The molecule has 0 aromatic heterocycles. The summed E-state index contributed by atoms with van der Waals surface area (Å²) in [6, 6.07) is 6.19. The molecule has 0 aliphatic heterocycles. The fourth-order valence-corrected chi connectivity index (χ4v) is 2.40. The van der Waals surface area contributed by atoms with Gasteiger partial charge in [-0.05, 0) is 23.8 Å². The first kappa shape index (κ1) is 8.75. The van der Waals surface area contributed by atoms with Crippen LogP contribution in [-0.4, -0.2) is 0 Å². The molecule has 0 saturated carbocycles. The first-order valence-electron chi connectivity index (χ1n) is 2.73. The summed E-state index contributed by atoms with van der Waals surface area (Å²) in [7, 11) is 0. The van der Waals surface area contributed by atoms with Gasteiger partial charge in [-0.25, -0.2) is 0 Å². The van der Waals surface area contributed by atoms with Crippen molar-refractivity contribution < 1.29 is 0 Å². The summed E-state index contributed by atoms with van der Waals surface area (Å²) < 4.78 is 2.22. The van der Waals surface area contributed by atoms with Crippen molar-refractivity contribution in [2.24, 2.45) is 0 Å². The highest BCUT2D eigenvalue weighted by Gasteiger charge is 1.94.